The van der Waals surface area contributed by atoms with Crippen molar-refractivity contribution in [3.05, 3.63) is 27.4 Å². The van der Waals surface area contributed by atoms with Crippen LogP contribution in [0.5, 0.6) is 0 Å². The Bertz CT molecular complexity index is 329. The van der Waals surface area contributed by atoms with Gasteiger partial charge in [0.05, 0.1) is 6.33 Å². The second-order valence-corrected chi connectivity index (χ2v) is 3.50. The van der Waals surface area contributed by atoms with Gasteiger partial charge in [-0.25, -0.2) is 4.98 Å². The zero-order valence-corrected chi connectivity index (χ0v) is 7.41. The second-order valence-electron chi connectivity index (χ2n) is 2.69. The predicted octanol–water partition coefficient (Wildman–Crippen LogP) is 1.34. The van der Waals surface area contributed by atoms with Gasteiger partial charge in [0.25, 0.3) is 5.56 Å². The number of hydrogen-bond donors (Lipinski definition) is 0. The topological polar surface area (TPSA) is 34.9 Å². The molecule has 0 radical (unpaired) electrons. The van der Waals surface area contributed by atoms with Gasteiger partial charge < -0.3 is 0 Å². The summed E-state index contributed by atoms with van der Waals surface area (Å²) in [6, 6.07) is 1.92. The van der Waals surface area contributed by atoms with Gasteiger partial charge in [0, 0.05) is 12.1 Å². The summed E-state index contributed by atoms with van der Waals surface area (Å²) < 4.78 is 2.30. The van der Waals surface area contributed by atoms with Crippen molar-refractivity contribution < 1.29 is 0 Å². The fourth-order valence-electron chi connectivity index (χ4n) is 1.01. The standard InChI is InChI=1S/C7H7BrN2O/c8-6-3-7(11)10(4-9-6)5-1-2-5/h3-5H,1-2H2. The quantitative estimate of drug-likeness (QED) is 0.662. The van der Waals surface area contributed by atoms with Crippen LogP contribution in [0, 0.1) is 0 Å². The SMILES string of the molecule is O=c1cc(Br)ncn1C1CC1. The van der Waals surface area contributed by atoms with Crippen molar-refractivity contribution in [2.75, 3.05) is 0 Å². The molecule has 2 rings (SSSR count). The lowest BCUT2D eigenvalue weighted by molar-refractivity contribution is 0.685. The maximum atomic E-state index is 11.2. The van der Waals surface area contributed by atoms with Crippen molar-refractivity contribution in [3.63, 3.8) is 0 Å². The number of hydrogen-bond acceptors (Lipinski definition) is 2. The zero-order chi connectivity index (χ0) is 7.84. The maximum Gasteiger partial charge on any atom is 0.254 e. The second kappa shape index (κ2) is 2.44. The Morgan fingerprint density at radius 3 is 2.91 bits per heavy atom. The van der Waals surface area contributed by atoms with Crippen LogP contribution >= 0.6 is 15.9 Å². The first-order valence-corrected chi connectivity index (χ1v) is 4.30. The maximum absolute atomic E-state index is 11.2. The van der Waals surface area contributed by atoms with E-state index in [4.69, 9.17) is 0 Å². The van der Waals surface area contributed by atoms with Crippen molar-refractivity contribution in [2.24, 2.45) is 0 Å². The molecule has 0 N–H and O–H groups in total. The van der Waals surface area contributed by atoms with Crippen molar-refractivity contribution in [2.45, 2.75) is 18.9 Å². The molecule has 0 amide bonds. The number of nitrogens with zero attached hydrogens (tertiary/aromatic N) is 2. The molecular formula is C7H7BrN2O. The van der Waals surface area contributed by atoms with E-state index in [0.717, 1.165) is 12.8 Å². The van der Waals surface area contributed by atoms with Gasteiger partial charge in [0.2, 0.25) is 0 Å². The molecule has 1 aromatic rings. The van der Waals surface area contributed by atoms with Crippen molar-refractivity contribution in [1.29, 1.82) is 0 Å². The molecule has 1 heterocycles. The molecule has 3 nitrogen and oxygen atoms in total. The van der Waals surface area contributed by atoms with E-state index in [2.05, 4.69) is 20.9 Å². The summed E-state index contributed by atoms with van der Waals surface area (Å²) in [6.07, 6.45) is 3.83. The van der Waals surface area contributed by atoms with E-state index >= 15 is 0 Å². The normalized spacial score (nSPS) is 16.8. The molecule has 0 bridgehead atoms. The number of rotatable bonds is 1. The molecule has 1 saturated carbocycles. The fourth-order valence-corrected chi connectivity index (χ4v) is 1.30. The lowest BCUT2D eigenvalue weighted by atomic mass is 10.6. The average Bonchev–Trinajstić information content (AvgIpc) is 2.70. The monoisotopic (exact) mass is 214 g/mol. The van der Waals surface area contributed by atoms with E-state index in [1.54, 1.807) is 10.9 Å². The van der Waals surface area contributed by atoms with Crippen LogP contribution in [0.25, 0.3) is 0 Å². The van der Waals surface area contributed by atoms with E-state index in [1.807, 2.05) is 0 Å². The van der Waals surface area contributed by atoms with Crippen LogP contribution in [0.1, 0.15) is 18.9 Å². The molecule has 0 atom stereocenters. The summed E-state index contributed by atoms with van der Waals surface area (Å²) in [7, 11) is 0. The third kappa shape index (κ3) is 1.35. The summed E-state index contributed by atoms with van der Waals surface area (Å²) in [4.78, 5) is 15.2. The molecular weight excluding hydrogens is 208 g/mol. The van der Waals surface area contributed by atoms with Crippen LogP contribution in [0.4, 0.5) is 0 Å². The molecule has 0 aliphatic heterocycles. The van der Waals surface area contributed by atoms with E-state index in [0.29, 0.717) is 10.6 Å². The predicted molar refractivity (Wildman–Crippen MR) is 44.5 cm³/mol. The van der Waals surface area contributed by atoms with Crippen LogP contribution < -0.4 is 5.56 Å². The summed E-state index contributed by atoms with van der Waals surface area (Å²) in [5, 5.41) is 0. The Kier molecular flexibility index (Phi) is 1.56. The summed E-state index contributed by atoms with van der Waals surface area (Å²) >= 11 is 3.14. The molecule has 58 valence electrons. The molecule has 0 saturated heterocycles. The minimum atomic E-state index is 0.0365. The number of aromatic nitrogens is 2. The minimum Gasteiger partial charge on any atom is -0.296 e. The third-order valence-corrected chi connectivity index (χ3v) is 2.18. The van der Waals surface area contributed by atoms with Crippen LogP contribution in [0.15, 0.2) is 21.8 Å². The molecule has 1 aliphatic rings. The summed E-state index contributed by atoms with van der Waals surface area (Å²) in [6.45, 7) is 0. The Morgan fingerprint density at radius 2 is 2.36 bits per heavy atom. The van der Waals surface area contributed by atoms with Gasteiger partial charge in [-0.15, -0.1) is 0 Å². The fraction of sp³-hybridized carbons (Fsp3) is 0.429. The molecule has 11 heavy (non-hydrogen) atoms. The highest BCUT2D eigenvalue weighted by Crippen LogP contribution is 2.32. The molecule has 1 fully saturated rings. The van der Waals surface area contributed by atoms with Gasteiger partial charge in [-0.05, 0) is 28.8 Å². The van der Waals surface area contributed by atoms with Crippen LogP contribution in [-0.4, -0.2) is 9.55 Å². The first-order chi connectivity index (χ1) is 5.27. The molecule has 0 spiro atoms. The first kappa shape index (κ1) is 7.03. The highest BCUT2D eigenvalue weighted by molar-refractivity contribution is 9.10. The van der Waals surface area contributed by atoms with Crippen molar-refractivity contribution in [3.8, 4) is 0 Å². The Balaban J connectivity index is 2.48. The molecule has 1 aliphatic carbocycles. The number of halogens is 1. The van der Waals surface area contributed by atoms with Gasteiger partial charge in [0.1, 0.15) is 4.60 Å². The Morgan fingerprint density at radius 1 is 1.64 bits per heavy atom. The van der Waals surface area contributed by atoms with E-state index in [1.165, 1.54) is 6.07 Å². The van der Waals surface area contributed by atoms with Gasteiger partial charge >= 0.3 is 0 Å². The van der Waals surface area contributed by atoms with Crippen LogP contribution in [0.3, 0.4) is 0 Å². The van der Waals surface area contributed by atoms with E-state index in [-0.39, 0.29) is 5.56 Å². The molecule has 4 heteroatoms. The van der Waals surface area contributed by atoms with E-state index in [9.17, 15) is 4.79 Å². The van der Waals surface area contributed by atoms with Crippen molar-refractivity contribution >= 4 is 15.9 Å². The molecule has 1 aromatic heterocycles. The van der Waals surface area contributed by atoms with Gasteiger partial charge in [-0.2, -0.15) is 0 Å². The zero-order valence-electron chi connectivity index (χ0n) is 5.83. The lowest BCUT2D eigenvalue weighted by Crippen LogP contribution is -2.17. The minimum absolute atomic E-state index is 0.0365. The molecule has 0 aromatic carbocycles. The van der Waals surface area contributed by atoms with Crippen LogP contribution in [-0.2, 0) is 0 Å². The Hall–Kier alpha value is -0.640. The molecule has 0 unspecified atom stereocenters. The summed E-state index contributed by atoms with van der Waals surface area (Å²) in [5.74, 6) is 0. The highest BCUT2D eigenvalue weighted by atomic mass is 79.9. The van der Waals surface area contributed by atoms with Crippen molar-refractivity contribution in [1.82, 2.24) is 9.55 Å². The van der Waals surface area contributed by atoms with E-state index < -0.39 is 0 Å². The van der Waals surface area contributed by atoms with Gasteiger partial charge in [-0.1, -0.05) is 0 Å². The average molecular weight is 215 g/mol. The Labute approximate surface area is 72.2 Å². The highest BCUT2D eigenvalue weighted by Gasteiger charge is 2.24. The first-order valence-electron chi connectivity index (χ1n) is 3.51. The van der Waals surface area contributed by atoms with Gasteiger partial charge in [0.15, 0.2) is 0 Å². The van der Waals surface area contributed by atoms with Gasteiger partial charge in [-0.3, -0.25) is 9.36 Å². The smallest absolute Gasteiger partial charge is 0.254 e. The van der Waals surface area contributed by atoms with Crippen LogP contribution in [0.2, 0.25) is 0 Å². The largest absolute Gasteiger partial charge is 0.296 e. The lowest BCUT2D eigenvalue weighted by Gasteiger charge is -1.99. The summed E-state index contributed by atoms with van der Waals surface area (Å²) in [5.41, 5.74) is 0.0365. The third-order valence-electron chi connectivity index (χ3n) is 1.74.